The van der Waals surface area contributed by atoms with Crippen LogP contribution in [0.15, 0.2) is 18.2 Å². The van der Waals surface area contributed by atoms with Gasteiger partial charge in [-0.2, -0.15) is 5.26 Å². The summed E-state index contributed by atoms with van der Waals surface area (Å²) in [5.41, 5.74) is 0.416. The lowest BCUT2D eigenvalue weighted by Crippen LogP contribution is -2.03. The van der Waals surface area contributed by atoms with Crippen molar-refractivity contribution in [3.05, 3.63) is 29.0 Å². The first-order valence-electron chi connectivity index (χ1n) is 4.80. The van der Waals surface area contributed by atoms with Crippen LogP contribution in [-0.4, -0.2) is 6.54 Å². The molecule has 0 unspecified atom stereocenters. The van der Waals surface area contributed by atoms with Crippen molar-refractivity contribution < 1.29 is 4.39 Å². The molecular formula is C11H12ClFN2. The SMILES string of the molecule is N#CCCCCNc1cccc(Cl)c1F. The number of nitrogens with one attached hydrogen (secondary N) is 1. The van der Waals surface area contributed by atoms with E-state index < -0.39 is 5.82 Å². The van der Waals surface area contributed by atoms with Crippen molar-refractivity contribution in [3.8, 4) is 6.07 Å². The van der Waals surface area contributed by atoms with Crippen molar-refractivity contribution in [2.24, 2.45) is 0 Å². The molecule has 0 aliphatic carbocycles. The van der Waals surface area contributed by atoms with Gasteiger partial charge in [0, 0.05) is 13.0 Å². The Morgan fingerprint density at radius 2 is 2.20 bits per heavy atom. The summed E-state index contributed by atoms with van der Waals surface area (Å²) in [6.45, 7) is 0.652. The average molecular weight is 227 g/mol. The quantitative estimate of drug-likeness (QED) is 0.779. The van der Waals surface area contributed by atoms with Crippen molar-refractivity contribution in [2.75, 3.05) is 11.9 Å². The second-order valence-corrected chi connectivity index (χ2v) is 3.55. The Bertz CT molecular complexity index is 360. The first kappa shape index (κ1) is 11.8. The number of unbranched alkanes of at least 4 members (excludes halogenated alkanes) is 2. The third kappa shape index (κ3) is 3.77. The van der Waals surface area contributed by atoms with Crippen LogP contribution in [0.4, 0.5) is 10.1 Å². The highest BCUT2D eigenvalue weighted by molar-refractivity contribution is 6.31. The first-order chi connectivity index (χ1) is 7.25. The number of halogens is 2. The van der Waals surface area contributed by atoms with E-state index in [1.54, 1.807) is 12.1 Å². The summed E-state index contributed by atoms with van der Waals surface area (Å²) < 4.78 is 13.3. The van der Waals surface area contributed by atoms with Crippen LogP contribution >= 0.6 is 11.6 Å². The van der Waals surface area contributed by atoms with E-state index >= 15 is 0 Å². The third-order valence-corrected chi connectivity index (χ3v) is 2.27. The highest BCUT2D eigenvalue weighted by Crippen LogP contribution is 2.21. The summed E-state index contributed by atoms with van der Waals surface area (Å²) in [5, 5.41) is 11.4. The van der Waals surface area contributed by atoms with Crippen LogP contribution in [0.3, 0.4) is 0 Å². The largest absolute Gasteiger partial charge is 0.383 e. The molecule has 0 aliphatic heterocycles. The molecule has 0 heterocycles. The van der Waals surface area contributed by atoms with Crippen molar-refractivity contribution in [1.29, 1.82) is 5.26 Å². The maximum absolute atomic E-state index is 13.3. The van der Waals surface area contributed by atoms with Crippen molar-refractivity contribution >= 4 is 17.3 Å². The van der Waals surface area contributed by atoms with Gasteiger partial charge in [-0.05, 0) is 25.0 Å². The van der Waals surface area contributed by atoms with Gasteiger partial charge in [-0.1, -0.05) is 17.7 Å². The Morgan fingerprint density at radius 1 is 1.40 bits per heavy atom. The van der Waals surface area contributed by atoms with Gasteiger partial charge in [0.25, 0.3) is 0 Å². The van der Waals surface area contributed by atoms with Crippen LogP contribution < -0.4 is 5.32 Å². The molecule has 1 N–H and O–H groups in total. The van der Waals surface area contributed by atoms with Gasteiger partial charge in [0.05, 0.1) is 16.8 Å². The zero-order valence-corrected chi connectivity index (χ0v) is 9.02. The molecule has 0 saturated heterocycles. The molecule has 0 amide bonds. The Morgan fingerprint density at radius 3 is 2.93 bits per heavy atom. The molecule has 0 fully saturated rings. The van der Waals surface area contributed by atoms with Gasteiger partial charge >= 0.3 is 0 Å². The number of hydrogen-bond donors (Lipinski definition) is 1. The topological polar surface area (TPSA) is 35.8 Å². The Labute approximate surface area is 93.7 Å². The first-order valence-corrected chi connectivity index (χ1v) is 5.18. The maximum Gasteiger partial charge on any atom is 0.164 e. The van der Waals surface area contributed by atoms with Crippen LogP contribution in [-0.2, 0) is 0 Å². The van der Waals surface area contributed by atoms with Gasteiger partial charge in [0.1, 0.15) is 0 Å². The van der Waals surface area contributed by atoms with Crippen LogP contribution in [0, 0.1) is 17.1 Å². The van der Waals surface area contributed by atoms with Gasteiger partial charge in [0.2, 0.25) is 0 Å². The molecule has 0 spiro atoms. The molecule has 15 heavy (non-hydrogen) atoms. The molecule has 0 aliphatic rings. The summed E-state index contributed by atoms with van der Waals surface area (Å²) in [6, 6.07) is 6.92. The minimum absolute atomic E-state index is 0.122. The molecule has 2 nitrogen and oxygen atoms in total. The van der Waals surface area contributed by atoms with E-state index in [0.717, 1.165) is 12.8 Å². The lowest BCUT2D eigenvalue weighted by atomic mass is 10.2. The Kier molecular flexibility index (Phi) is 4.92. The Hall–Kier alpha value is -1.27. The monoisotopic (exact) mass is 226 g/mol. The second-order valence-electron chi connectivity index (χ2n) is 3.14. The van der Waals surface area contributed by atoms with Crippen LogP contribution in [0.1, 0.15) is 19.3 Å². The summed E-state index contributed by atoms with van der Waals surface area (Å²) >= 11 is 5.62. The molecule has 0 atom stereocenters. The van der Waals surface area contributed by atoms with Crippen LogP contribution in [0.2, 0.25) is 5.02 Å². The van der Waals surface area contributed by atoms with Crippen molar-refractivity contribution in [3.63, 3.8) is 0 Å². The number of hydrogen-bond acceptors (Lipinski definition) is 2. The van der Waals surface area contributed by atoms with E-state index in [1.165, 1.54) is 6.07 Å². The van der Waals surface area contributed by atoms with Crippen molar-refractivity contribution in [1.82, 2.24) is 0 Å². The van der Waals surface area contributed by atoms with E-state index in [0.29, 0.717) is 18.7 Å². The Balaban J connectivity index is 2.38. The zero-order chi connectivity index (χ0) is 11.1. The minimum Gasteiger partial charge on any atom is -0.383 e. The van der Waals surface area contributed by atoms with Crippen LogP contribution in [0.25, 0.3) is 0 Å². The van der Waals surface area contributed by atoms with E-state index in [9.17, 15) is 4.39 Å². The van der Waals surface area contributed by atoms with E-state index in [1.807, 2.05) is 0 Å². The maximum atomic E-state index is 13.3. The molecule has 0 radical (unpaired) electrons. The average Bonchev–Trinajstić information content (AvgIpc) is 2.24. The van der Waals surface area contributed by atoms with E-state index in [-0.39, 0.29) is 5.02 Å². The predicted octanol–water partition coefficient (Wildman–Crippen LogP) is 3.58. The van der Waals surface area contributed by atoms with Gasteiger partial charge in [-0.3, -0.25) is 0 Å². The third-order valence-electron chi connectivity index (χ3n) is 1.98. The van der Waals surface area contributed by atoms with Gasteiger partial charge < -0.3 is 5.32 Å². The number of nitriles is 1. The molecule has 80 valence electrons. The van der Waals surface area contributed by atoms with Gasteiger partial charge in [-0.25, -0.2) is 4.39 Å². The molecule has 0 aromatic heterocycles. The molecule has 0 bridgehead atoms. The number of rotatable bonds is 5. The molecule has 1 aromatic rings. The molecule has 1 rings (SSSR count). The highest BCUT2D eigenvalue weighted by Gasteiger charge is 2.04. The predicted molar refractivity (Wildman–Crippen MR) is 59.4 cm³/mol. The van der Waals surface area contributed by atoms with Gasteiger partial charge in [-0.15, -0.1) is 0 Å². The number of nitrogens with zero attached hydrogens (tertiary/aromatic N) is 1. The lowest BCUT2D eigenvalue weighted by molar-refractivity contribution is 0.629. The van der Waals surface area contributed by atoms with E-state index in [4.69, 9.17) is 16.9 Å². The second kappa shape index (κ2) is 6.26. The summed E-state index contributed by atoms with van der Waals surface area (Å²) in [5.74, 6) is -0.417. The molecule has 4 heteroatoms. The smallest absolute Gasteiger partial charge is 0.164 e. The van der Waals surface area contributed by atoms with Gasteiger partial charge in [0.15, 0.2) is 5.82 Å². The summed E-state index contributed by atoms with van der Waals surface area (Å²) in [4.78, 5) is 0. The molecular weight excluding hydrogens is 215 g/mol. The fourth-order valence-electron chi connectivity index (χ4n) is 1.19. The number of anilines is 1. The summed E-state index contributed by atoms with van der Waals surface area (Å²) in [6.07, 6.45) is 2.21. The minimum atomic E-state index is -0.417. The normalized spacial score (nSPS) is 9.67. The van der Waals surface area contributed by atoms with E-state index in [2.05, 4.69) is 11.4 Å². The lowest BCUT2D eigenvalue weighted by Gasteiger charge is -2.07. The fourth-order valence-corrected chi connectivity index (χ4v) is 1.37. The summed E-state index contributed by atoms with van der Waals surface area (Å²) in [7, 11) is 0. The molecule has 1 aromatic carbocycles. The number of benzene rings is 1. The highest BCUT2D eigenvalue weighted by atomic mass is 35.5. The molecule has 0 saturated carbocycles. The zero-order valence-electron chi connectivity index (χ0n) is 8.26. The standard InChI is InChI=1S/C11H12ClFN2/c12-9-5-4-6-10(11(9)13)15-8-3-1-2-7-14/h4-6,15H,1-3,8H2. The van der Waals surface area contributed by atoms with Crippen molar-refractivity contribution in [2.45, 2.75) is 19.3 Å². The fraction of sp³-hybridized carbons (Fsp3) is 0.364. The van der Waals surface area contributed by atoms with Crippen LogP contribution in [0.5, 0.6) is 0 Å².